The quantitative estimate of drug-likeness (QED) is 0.761. The number of anilines is 1. The van der Waals surface area contributed by atoms with Crippen molar-refractivity contribution in [2.24, 2.45) is 5.92 Å². The lowest BCUT2D eigenvalue weighted by atomic mass is 9.92. The van der Waals surface area contributed by atoms with E-state index in [0.29, 0.717) is 18.6 Å². The Bertz CT molecular complexity index is 764. The average molecular weight is 414 g/mol. The third-order valence-electron chi connectivity index (χ3n) is 6.94. The zero-order valence-electron chi connectivity index (χ0n) is 18.4. The second kappa shape index (κ2) is 9.48. The fraction of sp³-hybridized carbons (Fsp3) is 0.667. The number of rotatable bonds is 4. The van der Waals surface area contributed by atoms with Gasteiger partial charge in [-0.3, -0.25) is 14.5 Å². The van der Waals surface area contributed by atoms with Crippen molar-refractivity contribution in [1.29, 1.82) is 0 Å². The SMILES string of the molecule is COCC(=O)N1Cc2ccccc2N(C(C)=O)CCC2CCCC(C1)N2CC1CC1. The first-order valence-electron chi connectivity index (χ1n) is 11.4. The maximum atomic E-state index is 13.0. The maximum Gasteiger partial charge on any atom is 0.248 e. The molecular formula is C24H35N3O3. The number of carbonyl (C=O) groups excluding carboxylic acids is 2. The van der Waals surface area contributed by atoms with E-state index in [2.05, 4.69) is 4.90 Å². The van der Waals surface area contributed by atoms with Crippen LogP contribution in [0.2, 0.25) is 0 Å². The molecule has 0 aromatic heterocycles. The van der Waals surface area contributed by atoms with E-state index in [4.69, 9.17) is 4.74 Å². The molecule has 2 unspecified atom stereocenters. The van der Waals surface area contributed by atoms with Crippen LogP contribution in [0.1, 0.15) is 51.0 Å². The van der Waals surface area contributed by atoms with Crippen molar-refractivity contribution in [3.8, 4) is 0 Å². The molecule has 2 heterocycles. The van der Waals surface area contributed by atoms with Gasteiger partial charge in [0.15, 0.2) is 0 Å². The first kappa shape index (κ1) is 21.3. The number of hydrogen-bond acceptors (Lipinski definition) is 4. The fourth-order valence-corrected chi connectivity index (χ4v) is 5.18. The molecule has 1 saturated carbocycles. The average Bonchev–Trinajstić information content (AvgIpc) is 3.54. The molecular weight excluding hydrogens is 378 g/mol. The number of hydrogen-bond donors (Lipinski definition) is 0. The lowest BCUT2D eigenvalue weighted by molar-refractivity contribution is -0.137. The van der Waals surface area contributed by atoms with Gasteiger partial charge in [-0.2, -0.15) is 0 Å². The van der Waals surface area contributed by atoms with Gasteiger partial charge in [0.05, 0.1) is 0 Å². The molecule has 3 aliphatic rings. The largest absolute Gasteiger partial charge is 0.375 e. The number of nitrogens with zero attached hydrogens (tertiary/aromatic N) is 3. The molecule has 1 aliphatic carbocycles. The number of benzene rings is 1. The van der Waals surface area contributed by atoms with Crippen molar-refractivity contribution in [2.75, 3.05) is 38.3 Å². The number of ether oxygens (including phenoxy) is 1. The van der Waals surface area contributed by atoms with Gasteiger partial charge in [-0.05, 0) is 49.7 Å². The van der Waals surface area contributed by atoms with Crippen molar-refractivity contribution < 1.29 is 14.3 Å². The minimum Gasteiger partial charge on any atom is -0.375 e. The summed E-state index contributed by atoms with van der Waals surface area (Å²) >= 11 is 0. The molecule has 2 fully saturated rings. The van der Waals surface area contributed by atoms with Crippen molar-refractivity contribution in [3.63, 3.8) is 0 Å². The molecule has 1 saturated heterocycles. The molecule has 0 radical (unpaired) electrons. The highest BCUT2D eigenvalue weighted by Gasteiger charge is 2.37. The second-order valence-electron chi connectivity index (χ2n) is 9.17. The molecule has 30 heavy (non-hydrogen) atoms. The molecule has 164 valence electrons. The van der Waals surface area contributed by atoms with Crippen LogP contribution in [-0.4, -0.2) is 67.0 Å². The third-order valence-corrected chi connectivity index (χ3v) is 6.94. The van der Waals surface area contributed by atoms with Crippen LogP contribution >= 0.6 is 0 Å². The van der Waals surface area contributed by atoms with Gasteiger partial charge in [-0.1, -0.05) is 24.6 Å². The van der Waals surface area contributed by atoms with E-state index in [0.717, 1.165) is 49.6 Å². The predicted molar refractivity (Wildman–Crippen MR) is 117 cm³/mol. The van der Waals surface area contributed by atoms with E-state index >= 15 is 0 Å². The highest BCUT2D eigenvalue weighted by Crippen LogP contribution is 2.36. The number of methoxy groups -OCH3 is 1. The van der Waals surface area contributed by atoms with Gasteiger partial charge in [0.25, 0.3) is 0 Å². The van der Waals surface area contributed by atoms with Crippen LogP contribution in [0.4, 0.5) is 5.69 Å². The van der Waals surface area contributed by atoms with Gasteiger partial charge < -0.3 is 14.5 Å². The number of para-hydroxylation sites is 1. The molecule has 4 rings (SSSR count). The second-order valence-corrected chi connectivity index (χ2v) is 9.17. The monoisotopic (exact) mass is 413 g/mol. The Morgan fingerprint density at radius 2 is 1.83 bits per heavy atom. The smallest absolute Gasteiger partial charge is 0.248 e. The standard InChI is InChI=1S/C24H35N3O3/c1-18(28)26-13-12-21-7-5-8-22(27(21)14-19-10-11-19)16-25(24(29)17-30-2)15-20-6-3-4-9-23(20)26/h3-4,6,9,19,21-22H,5,7-8,10-17H2,1-2H3. The van der Waals surface area contributed by atoms with Crippen molar-refractivity contribution in [1.82, 2.24) is 9.80 Å². The molecule has 6 heteroatoms. The molecule has 1 aromatic carbocycles. The van der Waals surface area contributed by atoms with E-state index in [1.165, 1.54) is 25.7 Å². The highest BCUT2D eigenvalue weighted by atomic mass is 16.5. The van der Waals surface area contributed by atoms with E-state index < -0.39 is 0 Å². The summed E-state index contributed by atoms with van der Waals surface area (Å²) in [6.45, 7) is 4.86. The summed E-state index contributed by atoms with van der Waals surface area (Å²) in [6.07, 6.45) is 7.15. The molecule has 2 aliphatic heterocycles. The summed E-state index contributed by atoms with van der Waals surface area (Å²) < 4.78 is 5.19. The molecule has 6 nitrogen and oxygen atoms in total. The first-order valence-corrected chi connectivity index (χ1v) is 11.4. The third kappa shape index (κ3) is 4.86. The van der Waals surface area contributed by atoms with E-state index in [9.17, 15) is 9.59 Å². The lowest BCUT2D eigenvalue weighted by Crippen LogP contribution is -2.53. The van der Waals surface area contributed by atoms with Crippen LogP contribution in [0.3, 0.4) is 0 Å². The Balaban J connectivity index is 1.70. The van der Waals surface area contributed by atoms with Crippen molar-refractivity contribution in [2.45, 2.75) is 64.1 Å². The van der Waals surface area contributed by atoms with Gasteiger partial charge in [-0.15, -0.1) is 0 Å². The van der Waals surface area contributed by atoms with E-state index in [-0.39, 0.29) is 18.4 Å². The Morgan fingerprint density at radius 1 is 1.07 bits per heavy atom. The minimum absolute atomic E-state index is 0.0226. The molecule has 0 N–H and O–H groups in total. The van der Waals surface area contributed by atoms with Gasteiger partial charge in [0.1, 0.15) is 6.61 Å². The molecule has 2 atom stereocenters. The number of piperidine rings is 1. The van der Waals surface area contributed by atoms with Gasteiger partial charge in [-0.25, -0.2) is 0 Å². The molecule has 0 spiro atoms. The van der Waals surface area contributed by atoms with Crippen molar-refractivity contribution in [3.05, 3.63) is 29.8 Å². The Hall–Kier alpha value is -1.92. The van der Waals surface area contributed by atoms with Crippen LogP contribution in [0, 0.1) is 5.92 Å². The summed E-state index contributed by atoms with van der Waals surface area (Å²) in [6, 6.07) is 8.91. The summed E-state index contributed by atoms with van der Waals surface area (Å²) in [5, 5.41) is 0. The van der Waals surface area contributed by atoms with Gasteiger partial charge >= 0.3 is 0 Å². The van der Waals surface area contributed by atoms with E-state index in [1.807, 2.05) is 34.1 Å². The number of fused-ring (bicyclic) bond motifs is 3. The number of carbonyl (C=O) groups is 2. The molecule has 2 bridgehead atoms. The van der Waals surface area contributed by atoms with Crippen LogP contribution in [-0.2, 0) is 20.9 Å². The zero-order valence-corrected chi connectivity index (χ0v) is 18.4. The lowest BCUT2D eigenvalue weighted by Gasteiger charge is -2.44. The van der Waals surface area contributed by atoms with Crippen molar-refractivity contribution >= 4 is 17.5 Å². The van der Waals surface area contributed by atoms with Crippen LogP contribution in [0.25, 0.3) is 0 Å². The summed E-state index contributed by atoms with van der Waals surface area (Å²) in [7, 11) is 1.58. The highest BCUT2D eigenvalue weighted by molar-refractivity contribution is 5.92. The zero-order chi connectivity index (χ0) is 21.1. The minimum atomic E-state index is 0.0226. The Kier molecular flexibility index (Phi) is 6.74. The first-order chi connectivity index (χ1) is 14.6. The maximum absolute atomic E-state index is 13.0. The van der Waals surface area contributed by atoms with Crippen LogP contribution in [0.5, 0.6) is 0 Å². The van der Waals surface area contributed by atoms with Gasteiger partial charge in [0.2, 0.25) is 11.8 Å². The Labute approximate surface area is 180 Å². The fourth-order valence-electron chi connectivity index (χ4n) is 5.18. The summed E-state index contributed by atoms with van der Waals surface area (Å²) in [5.41, 5.74) is 1.97. The molecule has 1 aromatic rings. The normalized spacial score (nSPS) is 25.4. The van der Waals surface area contributed by atoms with E-state index in [1.54, 1.807) is 14.0 Å². The topological polar surface area (TPSA) is 53.1 Å². The predicted octanol–water partition coefficient (Wildman–Crippen LogP) is 3.05. The Morgan fingerprint density at radius 3 is 2.57 bits per heavy atom. The van der Waals surface area contributed by atoms with Crippen LogP contribution < -0.4 is 4.90 Å². The molecule has 2 amide bonds. The number of amides is 2. The summed E-state index contributed by atoms with van der Waals surface area (Å²) in [5.74, 6) is 0.898. The summed E-state index contributed by atoms with van der Waals surface area (Å²) in [4.78, 5) is 32.1. The van der Waals surface area contributed by atoms with Crippen LogP contribution in [0.15, 0.2) is 24.3 Å². The van der Waals surface area contributed by atoms with Gasteiger partial charge in [0, 0.05) is 58.0 Å².